The van der Waals surface area contributed by atoms with Gasteiger partial charge < -0.3 is 10.1 Å². The Morgan fingerprint density at radius 1 is 1.25 bits per heavy atom. The van der Waals surface area contributed by atoms with Gasteiger partial charge in [0.2, 0.25) is 0 Å². The maximum atomic E-state index is 11.9. The highest BCUT2D eigenvalue weighted by atomic mass is 35.5. The number of hydrogen-bond acceptors (Lipinski definition) is 3. The number of hydrogen-bond donors (Lipinski definition) is 1. The van der Waals surface area contributed by atoms with Crippen molar-refractivity contribution in [3.63, 3.8) is 0 Å². The number of carbonyl (C=O) groups excluding carboxylic acids is 1. The van der Waals surface area contributed by atoms with Crippen molar-refractivity contribution in [3.05, 3.63) is 33.8 Å². The molecule has 20 heavy (non-hydrogen) atoms. The van der Waals surface area contributed by atoms with E-state index in [9.17, 15) is 4.79 Å². The van der Waals surface area contributed by atoms with Crippen LogP contribution in [0.3, 0.4) is 0 Å². The van der Waals surface area contributed by atoms with Gasteiger partial charge in [-0.05, 0) is 31.0 Å². The van der Waals surface area contributed by atoms with Crippen molar-refractivity contribution < 1.29 is 9.53 Å². The average Bonchev–Trinajstić information content (AvgIpc) is 2.44. The summed E-state index contributed by atoms with van der Waals surface area (Å²) < 4.78 is 5.21. The van der Waals surface area contributed by atoms with E-state index in [-0.39, 0.29) is 0 Å². The van der Waals surface area contributed by atoms with E-state index in [1.165, 1.54) is 32.1 Å². The zero-order valence-corrected chi connectivity index (χ0v) is 12.8. The normalized spacial score (nSPS) is 16.1. The smallest absolute Gasteiger partial charge is 0.339 e. The summed E-state index contributed by atoms with van der Waals surface area (Å²) in [7, 11) is 0. The Hall–Kier alpha value is -0.770. The van der Waals surface area contributed by atoms with Gasteiger partial charge in [0.1, 0.15) is 6.61 Å². The van der Waals surface area contributed by atoms with Crippen LogP contribution in [0, 0.1) is 0 Å². The quantitative estimate of drug-likeness (QED) is 0.657. The molecule has 1 saturated carbocycles. The number of carbonyl (C=O) groups is 1. The van der Waals surface area contributed by atoms with Crippen LogP contribution in [0.5, 0.6) is 0 Å². The molecule has 1 aliphatic rings. The molecule has 0 saturated heterocycles. The zero-order chi connectivity index (χ0) is 14.4. The zero-order valence-electron chi connectivity index (χ0n) is 11.3. The van der Waals surface area contributed by atoms with Crippen LogP contribution in [0.15, 0.2) is 18.2 Å². The van der Waals surface area contributed by atoms with Gasteiger partial charge in [-0.15, -0.1) is 0 Å². The number of halogens is 2. The highest BCUT2D eigenvalue weighted by Gasteiger charge is 2.14. The van der Waals surface area contributed by atoms with E-state index < -0.39 is 5.97 Å². The topological polar surface area (TPSA) is 38.3 Å². The van der Waals surface area contributed by atoms with Gasteiger partial charge in [-0.1, -0.05) is 42.5 Å². The van der Waals surface area contributed by atoms with Gasteiger partial charge in [0.25, 0.3) is 0 Å². The summed E-state index contributed by atoms with van der Waals surface area (Å²) in [6.07, 6.45) is 6.35. The van der Waals surface area contributed by atoms with Crippen LogP contribution in [-0.2, 0) is 4.74 Å². The summed E-state index contributed by atoms with van der Waals surface area (Å²) in [5, 5.41) is 4.25. The maximum absolute atomic E-state index is 11.9. The summed E-state index contributed by atoms with van der Waals surface area (Å²) in [5.41, 5.74) is 0.355. The van der Waals surface area contributed by atoms with Gasteiger partial charge in [-0.3, -0.25) is 0 Å². The van der Waals surface area contributed by atoms with Crippen LogP contribution < -0.4 is 5.32 Å². The van der Waals surface area contributed by atoms with Gasteiger partial charge in [-0.25, -0.2) is 4.79 Å². The molecule has 2 rings (SSSR count). The molecule has 0 atom stereocenters. The molecule has 5 heteroatoms. The maximum Gasteiger partial charge on any atom is 0.339 e. The fourth-order valence-corrected chi connectivity index (χ4v) is 2.93. The third-order valence-corrected chi connectivity index (χ3v) is 4.07. The van der Waals surface area contributed by atoms with E-state index in [0.29, 0.717) is 34.8 Å². The molecule has 0 spiro atoms. The Kier molecular flexibility index (Phi) is 6.14. The van der Waals surface area contributed by atoms with Gasteiger partial charge >= 0.3 is 5.97 Å². The predicted molar refractivity (Wildman–Crippen MR) is 81.6 cm³/mol. The first-order valence-corrected chi connectivity index (χ1v) is 7.78. The van der Waals surface area contributed by atoms with Crippen LogP contribution in [-0.4, -0.2) is 25.2 Å². The number of rotatable bonds is 5. The molecule has 1 fully saturated rings. The standard InChI is InChI=1S/C15H19Cl2NO2/c16-11-6-7-13(14(17)10-11)15(19)20-9-8-18-12-4-2-1-3-5-12/h6-7,10,12,18H,1-5,8-9H2. The first kappa shape index (κ1) is 15.6. The van der Waals surface area contributed by atoms with Crippen LogP contribution >= 0.6 is 23.2 Å². The van der Waals surface area contributed by atoms with Crippen LogP contribution in [0.2, 0.25) is 10.0 Å². The number of nitrogens with one attached hydrogen (secondary N) is 1. The molecule has 1 aliphatic carbocycles. The van der Waals surface area contributed by atoms with Crippen molar-refractivity contribution >= 4 is 29.2 Å². The Bertz CT molecular complexity index is 459. The lowest BCUT2D eigenvalue weighted by Gasteiger charge is -2.22. The molecular formula is C15H19Cl2NO2. The van der Waals surface area contributed by atoms with E-state index in [1.54, 1.807) is 18.2 Å². The van der Waals surface area contributed by atoms with Crippen molar-refractivity contribution in [1.82, 2.24) is 5.32 Å². The van der Waals surface area contributed by atoms with E-state index in [0.717, 1.165) is 0 Å². The number of benzene rings is 1. The Balaban J connectivity index is 1.72. The second kappa shape index (κ2) is 7.87. The molecule has 3 nitrogen and oxygen atoms in total. The first-order valence-electron chi connectivity index (χ1n) is 7.02. The Labute approximate surface area is 129 Å². The van der Waals surface area contributed by atoms with Crippen molar-refractivity contribution in [3.8, 4) is 0 Å². The van der Waals surface area contributed by atoms with E-state index in [2.05, 4.69) is 5.32 Å². The first-order chi connectivity index (χ1) is 9.66. The van der Waals surface area contributed by atoms with Crippen molar-refractivity contribution in [1.29, 1.82) is 0 Å². The summed E-state index contributed by atoms with van der Waals surface area (Å²) in [4.78, 5) is 11.9. The summed E-state index contributed by atoms with van der Waals surface area (Å²) in [6, 6.07) is 5.33. The molecule has 0 amide bonds. The minimum Gasteiger partial charge on any atom is -0.461 e. The molecule has 1 N–H and O–H groups in total. The highest BCUT2D eigenvalue weighted by molar-refractivity contribution is 6.36. The molecule has 1 aromatic rings. The fourth-order valence-electron chi connectivity index (χ4n) is 2.45. The largest absolute Gasteiger partial charge is 0.461 e. The molecular weight excluding hydrogens is 297 g/mol. The summed E-state index contributed by atoms with van der Waals surface area (Å²) in [5.74, 6) is -0.405. The highest BCUT2D eigenvalue weighted by Crippen LogP contribution is 2.21. The molecule has 0 heterocycles. The molecule has 0 radical (unpaired) electrons. The monoisotopic (exact) mass is 315 g/mol. The van der Waals surface area contributed by atoms with Crippen LogP contribution in [0.25, 0.3) is 0 Å². The van der Waals surface area contributed by atoms with Crippen molar-refractivity contribution in [2.24, 2.45) is 0 Å². The van der Waals surface area contributed by atoms with Crippen LogP contribution in [0.1, 0.15) is 42.5 Å². The Morgan fingerprint density at radius 3 is 2.70 bits per heavy atom. The minimum absolute atomic E-state index is 0.322. The minimum atomic E-state index is -0.405. The average molecular weight is 316 g/mol. The van der Waals surface area contributed by atoms with Gasteiger partial charge in [0, 0.05) is 17.6 Å². The van der Waals surface area contributed by atoms with Gasteiger partial charge in [0.15, 0.2) is 0 Å². The lowest BCUT2D eigenvalue weighted by atomic mass is 9.96. The number of ether oxygens (including phenoxy) is 1. The van der Waals surface area contributed by atoms with Gasteiger partial charge in [0.05, 0.1) is 10.6 Å². The SMILES string of the molecule is O=C(OCCNC1CCCCC1)c1ccc(Cl)cc1Cl. The third kappa shape index (κ3) is 4.65. The van der Waals surface area contributed by atoms with Crippen LogP contribution in [0.4, 0.5) is 0 Å². The Morgan fingerprint density at radius 2 is 2.00 bits per heavy atom. The molecule has 0 unspecified atom stereocenters. The second-order valence-electron chi connectivity index (χ2n) is 5.05. The lowest BCUT2D eigenvalue weighted by molar-refractivity contribution is 0.0504. The van der Waals surface area contributed by atoms with Crippen molar-refractivity contribution in [2.45, 2.75) is 38.1 Å². The van der Waals surface area contributed by atoms with E-state index in [4.69, 9.17) is 27.9 Å². The second-order valence-corrected chi connectivity index (χ2v) is 5.89. The number of esters is 1. The molecule has 0 aliphatic heterocycles. The molecule has 0 aromatic heterocycles. The fraction of sp³-hybridized carbons (Fsp3) is 0.533. The van der Waals surface area contributed by atoms with Crippen molar-refractivity contribution in [2.75, 3.05) is 13.2 Å². The van der Waals surface area contributed by atoms with E-state index in [1.807, 2.05) is 0 Å². The predicted octanol–water partition coefficient (Wildman–Crippen LogP) is 4.07. The van der Waals surface area contributed by atoms with Gasteiger partial charge in [-0.2, -0.15) is 0 Å². The molecule has 0 bridgehead atoms. The van der Waals surface area contributed by atoms with E-state index >= 15 is 0 Å². The molecule has 1 aromatic carbocycles. The third-order valence-electron chi connectivity index (χ3n) is 3.52. The summed E-state index contributed by atoms with van der Waals surface area (Å²) >= 11 is 11.7. The molecule has 110 valence electrons. The summed E-state index contributed by atoms with van der Waals surface area (Å²) in [6.45, 7) is 1.04. The lowest BCUT2D eigenvalue weighted by Crippen LogP contribution is -2.33.